The lowest BCUT2D eigenvalue weighted by molar-refractivity contribution is 0.993. The van der Waals surface area contributed by atoms with Crippen LogP contribution in [0.2, 0.25) is 0 Å². The molecule has 1 aromatic rings. The Morgan fingerprint density at radius 3 is 3.18 bits per heavy atom. The van der Waals surface area contributed by atoms with Crippen LogP contribution in [0.15, 0.2) is 18.3 Å². The summed E-state index contributed by atoms with van der Waals surface area (Å²) in [4.78, 5) is 0. The van der Waals surface area contributed by atoms with E-state index < -0.39 is 0 Å². The molecule has 3 nitrogen and oxygen atoms in total. The van der Waals surface area contributed by atoms with Gasteiger partial charge in [-0.2, -0.15) is 5.10 Å². The van der Waals surface area contributed by atoms with Crippen molar-refractivity contribution >= 4 is 5.82 Å². The summed E-state index contributed by atoms with van der Waals surface area (Å²) in [7, 11) is 0. The van der Waals surface area contributed by atoms with E-state index in [1.807, 2.05) is 12.1 Å². The van der Waals surface area contributed by atoms with E-state index in [9.17, 15) is 0 Å². The summed E-state index contributed by atoms with van der Waals surface area (Å²) in [6, 6.07) is 3.68. The molecule has 3 heteroatoms. The third kappa shape index (κ3) is 2.67. The van der Waals surface area contributed by atoms with Crippen LogP contribution in [0.3, 0.4) is 0 Å². The predicted molar refractivity (Wildman–Crippen MR) is 44.0 cm³/mol. The van der Waals surface area contributed by atoms with Crippen molar-refractivity contribution in [2.45, 2.75) is 6.42 Å². The first-order valence-electron chi connectivity index (χ1n) is 3.38. The molecular weight excluding hydrogens is 138 g/mol. The number of hydrogen-bond donors (Lipinski definition) is 1. The molecule has 0 aliphatic heterocycles. The fourth-order valence-corrected chi connectivity index (χ4v) is 0.659. The largest absolute Gasteiger partial charge is 0.368 e. The van der Waals surface area contributed by atoms with E-state index in [0.717, 1.165) is 12.4 Å². The number of hydrogen-bond acceptors (Lipinski definition) is 3. The minimum Gasteiger partial charge on any atom is -0.368 e. The smallest absolute Gasteiger partial charge is 0.148 e. The SMILES string of the molecule is C#CCCNc1cccnn1. The maximum absolute atomic E-state index is 5.07. The second-order valence-corrected chi connectivity index (χ2v) is 1.99. The van der Waals surface area contributed by atoms with Gasteiger partial charge in [0.05, 0.1) is 0 Å². The topological polar surface area (TPSA) is 37.8 Å². The molecule has 0 atom stereocenters. The van der Waals surface area contributed by atoms with Crippen molar-refractivity contribution < 1.29 is 0 Å². The van der Waals surface area contributed by atoms with E-state index in [2.05, 4.69) is 21.4 Å². The molecule has 0 spiro atoms. The van der Waals surface area contributed by atoms with Gasteiger partial charge in [0.25, 0.3) is 0 Å². The molecule has 0 saturated heterocycles. The molecule has 1 N–H and O–H groups in total. The van der Waals surface area contributed by atoms with Crippen LogP contribution < -0.4 is 5.32 Å². The van der Waals surface area contributed by atoms with Crippen LogP contribution in [-0.2, 0) is 0 Å². The predicted octanol–water partition coefficient (Wildman–Crippen LogP) is 0.912. The maximum Gasteiger partial charge on any atom is 0.148 e. The van der Waals surface area contributed by atoms with Crippen molar-refractivity contribution in [1.82, 2.24) is 10.2 Å². The number of anilines is 1. The number of nitrogens with one attached hydrogen (secondary N) is 1. The average molecular weight is 147 g/mol. The van der Waals surface area contributed by atoms with Gasteiger partial charge < -0.3 is 5.32 Å². The minimum absolute atomic E-state index is 0.705. The molecular formula is C8H9N3. The Morgan fingerprint density at radius 2 is 2.55 bits per heavy atom. The second-order valence-electron chi connectivity index (χ2n) is 1.99. The third-order valence-corrected chi connectivity index (χ3v) is 1.15. The first-order chi connectivity index (χ1) is 5.43. The molecule has 0 aliphatic rings. The van der Waals surface area contributed by atoms with E-state index in [-0.39, 0.29) is 0 Å². The van der Waals surface area contributed by atoms with Gasteiger partial charge in [-0.1, -0.05) is 0 Å². The average Bonchev–Trinajstić information content (AvgIpc) is 2.07. The summed E-state index contributed by atoms with van der Waals surface area (Å²) >= 11 is 0. The van der Waals surface area contributed by atoms with Crippen molar-refractivity contribution in [3.8, 4) is 12.3 Å². The molecule has 11 heavy (non-hydrogen) atoms. The monoisotopic (exact) mass is 147 g/mol. The number of aromatic nitrogens is 2. The van der Waals surface area contributed by atoms with Crippen LogP contribution >= 0.6 is 0 Å². The van der Waals surface area contributed by atoms with Gasteiger partial charge in [0.2, 0.25) is 0 Å². The van der Waals surface area contributed by atoms with Crippen LogP contribution in [0.25, 0.3) is 0 Å². The molecule has 0 fully saturated rings. The first-order valence-corrected chi connectivity index (χ1v) is 3.38. The third-order valence-electron chi connectivity index (χ3n) is 1.15. The fraction of sp³-hybridized carbons (Fsp3) is 0.250. The van der Waals surface area contributed by atoms with Crippen molar-refractivity contribution in [3.05, 3.63) is 18.3 Å². The summed E-state index contributed by atoms with van der Waals surface area (Å²) in [6.45, 7) is 0.745. The lowest BCUT2D eigenvalue weighted by atomic mass is 10.4. The quantitative estimate of drug-likeness (QED) is 0.510. The maximum atomic E-state index is 5.07. The molecule has 56 valence electrons. The lowest BCUT2D eigenvalue weighted by Crippen LogP contribution is -2.02. The first kappa shape index (κ1) is 7.55. The molecule has 1 heterocycles. The highest BCUT2D eigenvalue weighted by Crippen LogP contribution is 1.96. The summed E-state index contributed by atoms with van der Waals surface area (Å²) in [5.41, 5.74) is 0. The van der Waals surface area contributed by atoms with E-state index in [1.54, 1.807) is 6.20 Å². The Labute approximate surface area is 65.8 Å². The Morgan fingerprint density at radius 1 is 1.64 bits per heavy atom. The Bertz CT molecular complexity index is 237. The fourth-order valence-electron chi connectivity index (χ4n) is 0.659. The highest BCUT2D eigenvalue weighted by molar-refractivity contribution is 5.31. The Hall–Kier alpha value is -1.56. The highest BCUT2D eigenvalue weighted by Gasteiger charge is 1.88. The zero-order valence-corrected chi connectivity index (χ0v) is 6.12. The summed E-state index contributed by atoms with van der Waals surface area (Å²) in [5.74, 6) is 3.29. The zero-order valence-electron chi connectivity index (χ0n) is 6.12. The van der Waals surface area contributed by atoms with Gasteiger partial charge in [0.1, 0.15) is 5.82 Å². The van der Waals surface area contributed by atoms with Crippen LogP contribution in [0.5, 0.6) is 0 Å². The number of nitrogens with zero attached hydrogens (tertiary/aromatic N) is 2. The standard InChI is InChI=1S/C8H9N3/c1-2-3-6-9-8-5-4-7-10-11-8/h1,4-5,7H,3,6H2,(H,9,11). The summed E-state index contributed by atoms with van der Waals surface area (Å²) in [6.07, 6.45) is 7.40. The van der Waals surface area contributed by atoms with Crippen molar-refractivity contribution in [2.24, 2.45) is 0 Å². The van der Waals surface area contributed by atoms with Crippen LogP contribution in [-0.4, -0.2) is 16.7 Å². The van der Waals surface area contributed by atoms with Gasteiger partial charge in [-0.15, -0.1) is 17.4 Å². The molecule has 1 aromatic heterocycles. The summed E-state index contributed by atoms with van der Waals surface area (Å²) in [5, 5.41) is 10.5. The zero-order chi connectivity index (χ0) is 7.94. The van der Waals surface area contributed by atoms with E-state index in [4.69, 9.17) is 6.42 Å². The summed E-state index contributed by atoms with van der Waals surface area (Å²) < 4.78 is 0. The van der Waals surface area contributed by atoms with Gasteiger partial charge >= 0.3 is 0 Å². The molecule has 0 unspecified atom stereocenters. The molecule has 0 amide bonds. The van der Waals surface area contributed by atoms with Gasteiger partial charge in [0, 0.05) is 19.2 Å². The van der Waals surface area contributed by atoms with Crippen LogP contribution in [0, 0.1) is 12.3 Å². The number of rotatable bonds is 3. The minimum atomic E-state index is 0.705. The lowest BCUT2D eigenvalue weighted by Gasteiger charge is -1.99. The van der Waals surface area contributed by atoms with Crippen molar-refractivity contribution in [3.63, 3.8) is 0 Å². The van der Waals surface area contributed by atoms with Gasteiger partial charge in [0.15, 0.2) is 0 Å². The van der Waals surface area contributed by atoms with Crippen molar-refractivity contribution in [1.29, 1.82) is 0 Å². The Kier molecular flexibility index (Phi) is 2.94. The molecule has 0 radical (unpaired) electrons. The van der Waals surface area contributed by atoms with Gasteiger partial charge in [-0.05, 0) is 12.1 Å². The van der Waals surface area contributed by atoms with Gasteiger partial charge in [-0.25, -0.2) is 0 Å². The molecule has 0 aliphatic carbocycles. The van der Waals surface area contributed by atoms with E-state index in [1.165, 1.54) is 0 Å². The molecule has 1 rings (SSSR count). The Balaban J connectivity index is 2.35. The van der Waals surface area contributed by atoms with E-state index in [0.29, 0.717) is 6.42 Å². The second kappa shape index (κ2) is 4.29. The van der Waals surface area contributed by atoms with Crippen LogP contribution in [0.1, 0.15) is 6.42 Å². The molecule has 0 aromatic carbocycles. The molecule has 0 bridgehead atoms. The normalized spacial score (nSPS) is 8.64. The van der Waals surface area contributed by atoms with Crippen LogP contribution in [0.4, 0.5) is 5.82 Å². The molecule has 0 saturated carbocycles. The van der Waals surface area contributed by atoms with Gasteiger partial charge in [-0.3, -0.25) is 0 Å². The number of terminal acetylenes is 1. The van der Waals surface area contributed by atoms with E-state index >= 15 is 0 Å². The van der Waals surface area contributed by atoms with Crippen molar-refractivity contribution in [2.75, 3.05) is 11.9 Å². The highest BCUT2D eigenvalue weighted by atomic mass is 15.2.